The Balaban J connectivity index is 1.72. The minimum absolute atomic E-state index is 0.219. The van der Waals surface area contributed by atoms with Crippen LogP contribution >= 0.6 is 0 Å². The van der Waals surface area contributed by atoms with Gasteiger partial charge in [0.2, 0.25) is 5.91 Å². The van der Waals surface area contributed by atoms with Crippen LogP contribution in [0.4, 0.5) is 15.8 Å². The Labute approximate surface area is 116 Å². The van der Waals surface area contributed by atoms with E-state index in [2.05, 4.69) is 10.6 Å². The van der Waals surface area contributed by atoms with Crippen molar-refractivity contribution in [3.63, 3.8) is 0 Å². The fourth-order valence-corrected chi connectivity index (χ4v) is 2.40. The van der Waals surface area contributed by atoms with Gasteiger partial charge in [-0.15, -0.1) is 0 Å². The van der Waals surface area contributed by atoms with Gasteiger partial charge in [0.1, 0.15) is 11.9 Å². The first kappa shape index (κ1) is 12.7. The van der Waals surface area contributed by atoms with E-state index in [0.717, 1.165) is 16.8 Å². The highest BCUT2D eigenvalue weighted by molar-refractivity contribution is 5.98. The molecule has 3 rings (SSSR count). The van der Waals surface area contributed by atoms with E-state index in [1.165, 1.54) is 6.07 Å². The molecule has 1 aliphatic heterocycles. The molecule has 0 saturated carbocycles. The molecule has 0 fully saturated rings. The van der Waals surface area contributed by atoms with E-state index in [0.29, 0.717) is 6.42 Å². The SMILES string of the molecule is Cc1ccc(NC(=O)C2Cc3ccccc3N2)c(F)c1. The fraction of sp³-hybridized carbons (Fsp3) is 0.188. The molecule has 0 bridgehead atoms. The molecule has 1 atom stereocenters. The van der Waals surface area contributed by atoms with Gasteiger partial charge in [0, 0.05) is 12.1 Å². The minimum Gasteiger partial charge on any atom is -0.373 e. The van der Waals surface area contributed by atoms with Crippen LogP contribution in [-0.4, -0.2) is 11.9 Å². The van der Waals surface area contributed by atoms with Crippen molar-refractivity contribution in [3.05, 3.63) is 59.4 Å². The number of aryl methyl sites for hydroxylation is 1. The number of amides is 1. The van der Waals surface area contributed by atoms with Gasteiger partial charge in [0.15, 0.2) is 0 Å². The van der Waals surface area contributed by atoms with Gasteiger partial charge in [-0.05, 0) is 36.2 Å². The molecule has 2 aromatic rings. The van der Waals surface area contributed by atoms with Gasteiger partial charge in [0.25, 0.3) is 0 Å². The van der Waals surface area contributed by atoms with Crippen LogP contribution in [0.15, 0.2) is 42.5 Å². The summed E-state index contributed by atoms with van der Waals surface area (Å²) in [5.74, 6) is -0.627. The lowest BCUT2D eigenvalue weighted by Crippen LogP contribution is -2.33. The average Bonchev–Trinajstić information content (AvgIpc) is 2.86. The Bertz CT molecular complexity index is 644. The Morgan fingerprint density at radius 3 is 2.85 bits per heavy atom. The highest BCUT2D eigenvalue weighted by Gasteiger charge is 2.26. The van der Waals surface area contributed by atoms with Crippen molar-refractivity contribution < 1.29 is 9.18 Å². The Hall–Kier alpha value is -2.36. The number of benzene rings is 2. The second-order valence-electron chi connectivity index (χ2n) is 5.03. The maximum absolute atomic E-state index is 13.7. The van der Waals surface area contributed by atoms with Gasteiger partial charge in [-0.3, -0.25) is 4.79 Å². The Kier molecular flexibility index (Phi) is 3.14. The minimum atomic E-state index is -0.408. The zero-order valence-corrected chi connectivity index (χ0v) is 11.1. The van der Waals surface area contributed by atoms with E-state index in [9.17, 15) is 9.18 Å². The summed E-state index contributed by atoms with van der Waals surface area (Å²) in [5, 5.41) is 5.79. The van der Waals surface area contributed by atoms with Gasteiger partial charge in [-0.1, -0.05) is 24.3 Å². The third kappa shape index (κ3) is 2.37. The zero-order chi connectivity index (χ0) is 14.1. The first-order valence-corrected chi connectivity index (χ1v) is 6.55. The molecule has 0 saturated heterocycles. The van der Waals surface area contributed by atoms with Crippen molar-refractivity contribution in [2.75, 3.05) is 10.6 Å². The number of hydrogen-bond donors (Lipinski definition) is 2. The summed E-state index contributed by atoms with van der Waals surface area (Å²) >= 11 is 0. The summed E-state index contributed by atoms with van der Waals surface area (Å²) in [4.78, 5) is 12.2. The topological polar surface area (TPSA) is 41.1 Å². The van der Waals surface area contributed by atoms with Crippen molar-refractivity contribution in [2.24, 2.45) is 0 Å². The Morgan fingerprint density at radius 2 is 2.10 bits per heavy atom. The number of nitrogens with one attached hydrogen (secondary N) is 2. The molecular formula is C16H15FN2O. The van der Waals surface area contributed by atoms with Crippen LogP contribution in [0, 0.1) is 12.7 Å². The van der Waals surface area contributed by atoms with Gasteiger partial charge < -0.3 is 10.6 Å². The van der Waals surface area contributed by atoms with Gasteiger partial charge in [-0.25, -0.2) is 4.39 Å². The molecule has 1 amide bonds. The van der Waals surface area contributed by atoms with Crippen LogP contribution < -0.4 is 10.6 Å². The molecule has 1 aliphatic rings. The van der Waals surface area contributed by atoms with E-state index >= 15 is 0 Å². The average molecular weight is 270 g/mol. The normalized spacial score (nSPS) is 16.4. The van der Waals surface area contributed by atoms with Crippen LogP contribution in [0.25, 0.3) is 0 Å². The molecule has 0 spiro atoms. The number of para-hydroxylation sites is 1. The lowest BCUT2D eigenvalue weighted by Gasteiger charge is -2.12. The number of halogens is 1. The van der Waals surface area contributed by atoms with Crippen LogP contribution in [0.3, 0.4) is 0 Å². The van der Waals surface area contributed by atoms with E-state index in [4.69, 9.17) is 0 Å². The van der Waals surface area contributed by atoms with Crippen LogP contribution in [-0.2, 0) is 11.2 Å². The summed E-state index contributed by atoms with van der Waals surface area (Å²) in [5.41, 5.74) is 3.12. The van der Waals surface area contributed by atoms with E-state index in [1.807, 2.05) is 31.2 Å². The van der Waals surface area contributed by atoms with Gasteiger partial charge >= 0.3 is 0 Å². The summed E-state index contributed by atoms with van der Waals surface area (Å²) in [7, 11) is 0. The monoisotopic (exact) mass is 270 g/mol. The molecule has 1 unspecified atom stereocenters. The molecular weight excluding hydrogens is 255 g/mol. The first-order valence-electron chi connectivity index (χ1n) is 6.55. The van der Waals surface area contributed by atoms with Gasteiger partial charge in [-0.2, -0.15) is 0 Å². The molecule has 0 aliphatic carbocycles. The van der Waals surface area contributed by atoms with Crippen molar-refractivity contribution in [3.8, 4) is 0 Å². The maximum atomic E-state index is 13.7. The molecule has 0 aromatic heterocycles. The molecule has 2 aromatic carbocycles. The largest absolute Gasteiger partial charge is 0.373 e. The second-order valence-corrected chi connectivity index (χ2v) is 5.03. The summed E-state index contributed by atoms with van der Waals surface area (Å²) in [6.07, 6.45) is 0.621. The number of rotatable bonds is 2. The third-order valence-electron chi connectivity index (χ3n) is 3.47. The molecule has 2 N–H and O–H groups in total. The summed E-state index contributed by atoms with van der Waals surface area (Å²) in [6.45, 7) is 1.81. The van der Waals surface area contributed by atoms with Crippen LogP contribution in [0.5, 0.6) is 0 Å². The molecule has 3 nitrogen and oxygen atoms in total. The highest BCUT2D eigenvalue weighted by atomic mass is 19.1. The molecule has 20 heavy (non-hydrogen) atoms. The maximum Gasteiger partial charge on any atom is 0.247 e. The lowest BCUT2D eigenvalue weighted by molar-refractivity contribution is -0.116. The smallest absolute Gasteiger partial charge is 0.247 e. The van der Waals surface area contributed by atoms with Crippen molar-refractivity contribution in [2.45, 2.75) is 19.4 Å². The van der Waals surface area contributed by atoms with E-state index in [-0.39, 0.29) is 17.6 Å². The Morgan fingerprint density at radius 1 is 1.30 bits per heavy atom. The van der Waals surface area contributed by atoms with Gasteiger partial charge in [0.05, 0.1) is 5.69 Å². The number of carbonyl (C=O) groups is 1. The number of hydrogen-bond acceptors (Lipinski definition) is 2. The van der Waals surface area contributed by atoms with Crippen LogP contribution in [0.1, 0.15) is 11.1 Å². The summed E-state index contributed by atoms with van der Waals surface area (Å²) < 4.78 is 13.7. The fourth-order valence-electron chi connectivity index (χ4n) is 2.40. The number of fused-ring (bicyclic) bond motifs is 1. The summed E-state index contributed by atoms with van der Waals surface area (Å²) in [6, 6.07) is 12.2. The van der Waals surface area contributed by atoms with Crippen molar-refractivity contribution in [1.82, 2.24) is 0 Å². The predicted molar refractivity (Wildman–Crippen MR) is 77.3 cm³/mol. The molecule has 102 valence electrons. The number of anilines is 2. The third-order valence-corrected chi connectivity index (χ3v) is 3.47. The van der Waals surface area contributed by atoms with Crippen LogP contribution in [0.2, 0.25) is 0 Å². The first-order chi connectivity index (χ1) is 9.63. The number of carbonyl (C=O) groups excluding carboxylic acids is 1. The lowest BCUT2D eigenvalue weighted by atomic mass is 10.1. The second kappa shape index (κ2) is 4.96. The highest BCUT2D eigenvalue weighted by Crippen LogP contribution is 2.26. The molecule has 4 heteroatoms. The predicted octanol–water partition coefficient (Wildman–Crippen LogP) is 3.11. The molecule has 1 heterocycles. The molecule has 0 radical (unpaired) electrons. The van der Waals surface area contributed by atoms with Crippen molar-refractivity contribution >= 4 is 17.3 Å². The quantitative estimate of drug-likeness (QED) is 0.880. The van der Waals surface area contributed by atoms with Crippen molar-refractivity contribution in [1.29, 1.82) is 0 Å². The van der Waals surface area contributed by atoms with E-state index in [1.54, 1.807) is 12.1 Å². The zero-order valence-electron chi connectivity index (χ0n) is 11.1. The van der Waals surface area contributed by atoms with E-state index < -0.39 is 5.82 Å². The standard InChI is InChI=1S/C16H15FN2O/c1-10-6-7-14(12(17)8-10)19-16(20)15-9-11-4-2-3-5-13(11)18-15/h2-8,15,18H,9H2,1H3,(H,19,20).